The zero-order valence-corrected chi connectivity index (χ0v) is 19.0. The van der Waals surface area contributed by atoms with Gasteiger partial charge >= 0.3 is 6.18 Å². The highest BCUT2D eigenvalue weighted by atomic mass is 35.5. The lowest BCUT2D eigenvalue weighted by Crippen LogP contribution is -2.43. The number of pyridine rings is 1. The molecule has 0 aliphatic rings. The number of likely N-dealkylation sites (N-methyl/N-ethyl adjacent to an activating group) is 1. The number of hydrogen-bond donors (Lipinski definition) is 1. The molecule has 10 heteroatoms. The molecule has 3 rings (SSSR count). The maximum absolute atomic E-state index is 13.3. The normalized spacial score (nSPS) is 13.6. The Hall–Kier alpha value is -3.04. The molecule has 33 heavy (non-hydrogen) atoms. The van der Waals surface area contributed by atoms with E-state index in [1.165, 1.54) is 6.33 Å². The molecule has 0 radical (unpaired) electrons. The summed E-state index contributed by atoms with van der Waals surface area (Å²) in [4.78, 5) is 26.9. The van der Waals surface area contributed by atoms with Gasteiger partial charge in [-0.2, -0.15) is 13.2 Å². The van der Waals surface area contributed by atoms with Gasteiger partial charge in [0.05, 0.1) is 16.6 Å². The van der Waals surface area contributed by atoms with Crippen LogP contribution < -0.4 is 5.32 Å². The summed E-state index contributed by atoms with van der Waals surface area (Å²) in [6, 6.07) is 7.53. The zero-order chi connectivity index (χ0) is 24.2. The maximum Gasteiger partial charge on any atom is 0.417 e. The highest BCUT2D eigenvalue weighted by molar-refractivity contribution is 6.34. The second kappa shape index (κ2) is 10.3. The van der Waals surface area contributed by atoms with Gasteiger partial charge in [-0.05, 0) is 43.8 Å². The number of carbonyl (C=O) groups excluding carboxylic acids is 1. The summed E-state index contributed by atoms with van der Waals surface area (Å²) >= 11 is 5.93. The summed E-state index contributed by atoms with van der Waals surface area (Å²) in [7, 11) is 3.75. The molecule has 1 aromatic carbocycles. The summed E-state index contributed by atoms with van der Waals surface area (Å²) in [6.07, 6.45) is 1.68. The van der Waals surface area contributed by atoms with Crippen LogP contribution >= 0.6 is 11.6 Å². The standard InChI is InChI=1S/C23H23ClF3N5O/c1-4-18(32(2)3)20(15-7-5-6-14(10-15)16-11-28-13-29-12-16)31-22(33)21-19(24)17(8-9-30-21)23(25,26)27/h5-13,18,20H,4H2,1-3H3,(H,31,33)/t18-,20-/m0/s1. The van der Waals surface area contributed by atoms with Gasteiger partial charge in [-0.3, -0.25) is 4.79 Å². The van der Waals surface area contributed by atoms with Crippen LogP contribution in [0.3, 0.4) is 0 Å². The summed E-state index contributed by atoms with van der Waals surface area (Å²) in [6.45, 7) is 1.97. The molecule has 0 unspecified atom stereocenters. The molecule has 6 nitrogen and oxygen atoms in total. The number of alkyl halides is 3. The molecule has 0 saturated heterocycles. The van der Waals surface area contributed by atoms with Crippen molar-refractivity contribution in [3.8, 4) is 11.1 Å². The number of rotatable bonds is 7. The van der Waals surface area contributed by atoms with E-state index in [-0.39, 0.29) is 6.04 Å². The molecular formula is C23H23ClF3N5O. The molecule has 0 spiro atoms. The minimum absolute atomic E-state index is 0.152. The number of benzene rings is 1. The Morgan fingerprint density at radius 3 is 2.45 bits per heavy atom. The summed E-state index contributed by atoms with van der Waals surface area (Å²) in [5.74, 6) is -0.787. The summed E-state index contributed by atoms with van der Waals surface area (Å²) < 4.78 is 39.8. The number of hydrogen-bond acceptors (Lipinski definition) is 5. The van der Waals surface area contributed by atoms with E-state index in [4.69, 9.17) is 11.6 Å². The Labute approximate surface area is 194 Å². The zero-order valence-electron chi connectivity index (χ0n) is 18.3. The highest BCUT2D eigenvalue weighted by Crippen LogP contribution is 2.36. The fourth-order valence-electron chi connectivity index (χ4n) is 3.69. The van der Waals surface area contributed by atoms with Crippen LogP contribution in [-0.4, -0.2) is 45.9 Å². The first kappa shape index (κ1) is 24.6. The van der Waals surface area contributed by atoms with Crippen molar-refractivity contribution in [2.24, 2.45) is 0 Å². The first-order valence-electron chi connectivity index (χ1n) is 10.2. The predicted octanol–water partition coefficient (Wildman–Crippen LogP) is 5.02. The van der Waals surface area contributed by atoms with Gasteiger partial charge in [0.25, 0.3) is 5.91 Å². The number of halogens is 4. The average Bonchev–Trinajstić information content (AvgIpc) is 2.78. The molecule has 0 aliphatic carbocycles. The first-order valence-corrected chi connectivity index (χ1v) is 10.6. The van der Waals surface area contributed by atoms with Crippen molar-refractivity contribution in [2.75, 3.05) is 14.1 Å². The van der Waals surface area contributed by atoms with Crippen LogP contribution in [0.4, 0.5) is 13.2 Å². The third kappa shape index (κ3) is 5.66. The van der Waals surface area contributed by atoms with Crippen molar-refractivity contribution in [3.05, 3.63) is 77.1 Å². The van der Waals surface area contributed by atoms with Crippen molar-refractivity contribution in [1.29, 1.82) is 0 Å². The van der Waals surface area contributed by atoms with Crippen molar-refractivity contribution < 1.29 is 18.0 Å². The number of nitrogens with zero attached hydrogens (tertiary/aromatic N) is 4. The van der Waals surface area contributed by atoms with E-state index in [2.05, 4.69) is 20.3 Å². The maximum atomic E-state index is 13.3. The fraction of sp³-hybridized carbons (Fsp3) is 0.304. The molecule has 2 aromatic heterocycles. The molecule has 1 N–H and O–H groups in total. The van der Waals surface area contributed by atoms with Crippen molar-refractivity contribution in [1.82, 2.24) is 25.2 Å². The quantitative estimate of drug-likeness (QED) is 0.517. The third-order valence-corrected chi connectivity index (χ3v) is 5.68. The molecule has 0 aliphatic heterocycles. The average molecular weight is 478 g/mol. The lowest BCUT2D eigenvalue weighted by Gasteiger charge is -2.33. The first-order chi connectivity index (χ1) is 15.6. The van der Waals surface area contributed by atoms with Crippen molar-refractivity contribution >= 4 is 17.5 Å². The molecule has 0 saturated carbocycles. The van der Waals surface area contributed by atoms with E-state index in [9.17, 15) is 18.0 Å². The van der Waals surface area contributed by atoms with E-state index < -0.39 is 34.4 Å². The third-order valence-electron chi connectivity index (χ3n) is 5.30. The number of carbonyl (C=O) groups is 1. The molecule has 174 valence electrons. The van der Waals surface area contributed by atoms with Gasteiger partial charge in [-0.1, -0.05) is 36.7 Å². The Morgan fingerprint density at radius 1 is 1.15 bits per heavy atom. The Bertz CT molecular complexity index is 1110. The van der Waals surface area contributed by atoms with Crippen LogP contribution in [0.5, 0.6) is 0 Å². The molecule has 2 heterocycles. The van der Waals surface area contributed by atoms with Gasteiger partial charge in [-0.15, -0.1) is 0 Å². The Balaban J connectivity index is 2.01. The Kier molecular flexibility index (Phi) is 7.65. The molecular weight excluding hydrogens is 455 g/mol. The number of amides is 1. The minimum Gasteiger partial charge on any atom is -0.342 e. The van der Waals surface area contributed by atoms with Crippen molar-refractivity contribution in [3.63, 3.8) is 0 Å². The van der Waals surface area contributed by atoms with Crippen LogP contribution in [0.25, 0.3) is 11.1 Å². The topological polar surface area (TPSA) is 71.0 Å². The molecule has 0 bridgehead atoms. The van der Waals surface area contributed by atoms with E-state index in [1.807, 2.05) is 50.2 Å². The number of aromatic nitrogens is 3. The van der Waals surface area contributed by atoms with E-state index >= 15 is 0 Å². The fourth-order valence-corrected chi connectivity index (χ4v) is 4.00. The van der Waals surface area contributed by atoms with Crippen LogP contribution in [0.1, 0.15) is 41.0 Å². The van der Waals surface area contributed by atoms with Gasteiger partial charge in [-0.25, -0.2) is 15.0 Å². The van der Waals surface area contributed by atoms with Crippen LogP contribution in [0.2, 0.25) is 5.02 Å². The van der Waals surface area contributed by atoms with Crippen LogP contribution in [-0.2, 0) is 6.18 Å². The molecule has 0 fully saturated rings. The lowest BCUT2D eigenvalue weighted by atomic mass is 9.93. The largest absolute Gasteiger partial charge is 0.417 e. The summed E-state index contributed by atoms with van der Waals surface area (Å²) in [5.41, 5.74) is 0.832. The van der Waals surface area contributed by atoms with Gasteiger partial charge in [0.2, 0.25) is 0 Å². The SMILES string of the molecule is CC[C@@H]([C@@H](NC(=O)c1nccc(C(F)(F)F)c1Cl)c1cccc(-c2cncnc2)c1)N(C)C. The molecule has 2 atom stereocenters. The summed E-state index contributed by atoms with van der Waals surface area (Å²) in [5, 5.41) is 2.13. The Morgan fingerprint density at radius 2 is 1.85 bits per heavy atom. The van der Waals surface area contributed by atoms with Crippen LogP contribution in [0.15, 0.2) is 55.2 Å². The van der Waals surface area contributed by atoms with Gasteiger partial charge in [0.15, 0.2) is 0 Å². The highest BCUT2D eigenvalue weighted by Gasteiger charge is 2.36. The van der Waals surface area contributed by atoms with Gasteiger partial charge in [0.1, 0.15) is 12.0 Å². The smallest absolute Gasteiger partial charge is 0.342 e. The van der Waals surface area contributed by atoms with Crippen LogP contribution in [0, 0.1) is 0 Å². The van der Waals surface area contributed by atoms with E-state index in [1.54, 1.807) is 12.4 Å². The van der Waals surface area contributed by atoms with Gasteiger partial charge < -0.3 is 10.2 Å². The predicted molar refractivity (Wildman–Crippen MR) is 120 cm³/mol. The minimum atomic E-state index is -4.70. The van der Waals surface area contributed by atoms with E-state index in [0.29, 0.717) is 6.42 Å². The second-order valence-corrected chi connectivity index (χ2v) is 8.04. The van der Waals surface area contributed by atoms with Gasteiger partial charge in [0, 0.05) is 30.2 Å². The second-order valence-electron chi connectivity index (χ2n) is 7.66. The number of nitrogens with one attached hydrogen (secondary N) is 1. The van der Waals surface area contributed by atoms with E-state index in [0.717, 1.165) is 29.0 Å². The molecule has 3 aromatic rings. The van der Waals surface area contributed by atoms with Crippen molar-refractivity contribution in [2.45, 2.75) is 31.6 Å². The monoisotopic (exact) mass is 477 g/mol. The molecule has 1 amide bonds. The lowest BCUT2D eigenvalue weighted by molar-refractivity contribution is -0.137.